The molecule has 4 heteroatoms. The molecule has 0 aliphatic carbocycles. The van der Waals surface area contributed by atoms with Gasteiger partial charge in [-0.25, -0.2) is 8.78 Å². The van der Waals surface area contributed by atoms with Gasteiger partial charge in [0.05, 0.1) is 20.6 Å². The van der Waals surface area contributed by atoms with Crippen molar-refractivity contribution in [3.05, 3.63) is 35.4 Å². The van der Waals surface area contributed by atoms with Crippen molar-refractivity contribution >= 4 is 0 Å². The van der Waals surface area contributed by atoms with E-state index in [1.54, 1.807) is 6.07 Å². The Morgan fingerprint density at radius 2 is 1.76 bits per heavy atom. The van der Waals surface area contributed by atoms with Crippen LogP contribution in [0.4, 0.5) is 8.78 Å². The van der Waals surface area contributed by atoms with Crippen LogP contribution >= 0.6 is 0 Å². The van der Waals surface area contributed by atoms with Gasteiger partial charge in [-0.2, -0.15) is 0 Å². The van der Waals surface area contributed by atoms with Crippen LogP contribution in [0.2, 0.25) is 0 Å². The zero-order valence-corrected chi connectivity index (χ0v) is 10.8. The molecule has 0 fully saturated rings. The van der Waals surface area contributed by atoms with E-state index >= 15 is 0 Å². The summed E-state index contributed by atoms with van der Waals surface area (Å²) in [5.74, 6) is -1.53. The molecule has 17 heavy (non-hydrogen) atoms. The van der Waals surface area contributed by atoms with Crippen LogP contribution in [0.3, 0.4) is 0 Å². The minimum Gasteiger partial charge on any atom is -0.335 e. The van der Waals surface area contributed by atoms with Crippen LogP contribution in [0.5, 0.6) is 0 Å². The summed E-state index contributed by atoms with van der Waals surface area (Å²) in [6.45, 7) is 5.97. The Morgan fingerprint density at radius 3 is 2.29 bits per heavy atom. The van der Waals surface area contributed by atoms with Gasteiger partial charge in [-0.3, -0.25) is 0 Å². The average molecular weight is 244 g/mol. The average Bonchev–Trinajstić information content (AvgIpc) is 2.28. The van der Waals surface area contributed by atoms with E-state index in [-0.39, 0.29) is 0 Å². The molecule has 1 unspecified atom stereocenters. The van der Waals surface area contributed by atoms with Gasteiger partial charge in [-0.15, -0.1) is 0 Å². The number of rotatable bonds is 6. The van der Waals surface area contributed by atoms with E-state index in [0.29, 0.717) is 0 Å². The Hall–Kier alpha value is -1.00. The molecule has 0 aromatic heterocycles. The highest BCUT2D eigenvalue weighted by Crippen LogP contribution is 2.07. The summed E-state index contributed by atoms with van der Waals surface area (Å²) in [6, 6.07) is 4.17. The topological polar surface area (TPSA) is 8.88 Å². The molecule has 1 atom stereocenters. The van der Waals surface area contributed by atoms with E-state index in [1.807, 2.05) is 0 Å². The molecule has 0 aliphatic rings. The zero-order valence-electron chi connectivity index (χ0n) is 10.8. The Labute approximate surface area is 102 Å². The maximum Gasteiger partial charge on any atom is 0.159 e. The second-order valence-electron chi connectivity index (χ2n) is 4.74. The second kappa shape index (κ2) is 6.67. The summed E-state index contributed by atoms with van der Waals surface area (Å²) in [6.07, 6.45) is 0. The maximum absolute atomic E-state index is 13.1. The van der Waals surface area contributed by atoms with Gasteiger partial charge in [0.15, 0.2) is 11.6 Å². The molecule has 1 aromatic carbocycles. The molecular formula is C13H22F2N2+2. The summed E-state index contributed by atoms with van der Waals surface area (Å²) >= 11 is 0. The van der Waals surface area contributed by atoms with Crippen molar-refractivity contribution in [3.8, 4) is 0 Å². The molecule has 2 nitrogen and oxygen atoms in total. The van der Waals surface area contributed by atoms with E-state index in [9.17, 15) is 8.78 Å². The smallest absolute Gasteiger partial charge is 0.159 e. The molecule has 0 saturated heterocycles. The van der Waals surface area contributed by atoms with Crippen molar-refractivity contribution in [3.63, 3.8) is 0 Å². The second-order valence-corrected chi connectivity index (χ2v) is 4.74. The normalized spacial score (nSPS) is 13.1. The number of likely N-dealkylation sites (N-methyl/N-ethyl adjacent to an activating group) is 2. The molecular weight excluding hydrogens is 222 g/mol. The Bertz CT molecular complexity index is 353. The van der Waals surface area contributed by atoms with Crippen molar-refractivity contribution in [1.82, 2.24) is 0 Å². The van der Waals surface area contributed by atoms with Crippen molar-refractivity contribution in [2.45, 2.75) is 13.5 Å². The quantitative estimate of drug-likeness (QED) is 0.668. The monoisotopic (exact) mass is 244 g/mol. The van der Waals surface area contributed by atoms with Crippen LogP contribution in [-0.2, 0) is 6.54 Å². The third-order valence-electron chi connectivity index (χ3n) is 2.92. The molecule has 0 bridgehead atoms. The number of halogens is 2. The molecule has 0 heterocycles. The van der Waals surface area contributed by atoms with E-state index in [1.165, 1.54) is 21.9 Å². The van der Waals surface area contributed by atoms with Crippen LogP contribution in [0.15, 0.2) is 18.2 Å². The van der Waals surface area contributed by atoms with Gasteiger partial charge in [0.25, 0.3) is 0 Å². The van der Waals surface area contributed by atoms with Gasteiger partial charge in [0.1, 0.15) is 19.6 Å². The molecule has 0 aliphatic heterocycles. The summed E-state index contributed by atoms with van der Waals surface area (Å²) in [5.41, 5.74) is 0.856. The van der Waals surface area contributed by atoms with Gasteiger partial charge < -0.3 is 9.80 Å². The molecule has 2 N–H and O–H groups in total. The first-order valence-corrected chi connectivity index (χ1v) is 6.09. The van der Waals surface area contributed by atoms with Gasteiger partial charge in [0.2, 0.25) is 0 Å². The highest BCUT2D eigenvalue weighted by atomic mass is 19.2. The maximum atomic E-state index is 13.1. The molecule has 0 spiro atoms. The van der Waals surface area contributed by atoms with E-state index < -0.39 is 11.6 Å². The third kappa shape index (κ3) is 4.79. The Morgan fingerprint density at radius 1 is 1.06 bits per heavy atom. The van der Waals surface area contributed by atoms with Gasteiger partial charge >= 0.3 is 0 Å². The number of benzene rings is 1. The third-order valence-corrected chi connectivity index (χ3v) is 2.92. The van der Waals surface area contributed by atoms with E-state index in [2.05, 4.69) is 21.0 Å². The Balaban J connectivity index is 2.57. The first kappa shape index (κ1) is 14.1. The molecule has 96 valence electrons. The van der Waals surface area contributed by atoms with Crippen LogP contribution < -0.4 is 9.80 Å². The molecule has 0 radical (unpaired) electrons. The lowest BCUT2D eigenvalue weighted by molar-refractivity contribution is -0.949. The summed E-state index contributed by atoms with van der Waals surface area (Å²) in [4.78, 5) is 2.79. The molecule has 1 rings (SSSR count). The lowest BCUT2D eigenvalue weighted by Crippen LogP contribution is -3.17. The SMILES string of the molecule is CC[NH+](CC[NH+](C)C)Cc1ccc(F)c(F)c1. The predicted octanol–water partition coefficient (Wildman–Crippen LogP) is -0.486. The summed E-state index contributed by atoms with van der Waals surface area (Å²) < 4.78 is 25.8. The van der Waals surface area contributed by atoms with Crippen molar-refractivity contribution in [2.75, 3.05) is 33.7 Å². The standard InChI is InChI=1S/C13H20F2N2/c1-4-17(8-7-16(2)3)10-11-5-6-12(14)13(15)9-11/h5-6,9H,4,7-8,10H2,1-3H3/p+2. The number of hydrogen-bond donors (Lipinski definition) is 2. The fourth-order valence-electron chi connectivity index (χ4n) is 1.76. The Kier molecular flexibility index (Phi) is 5.51. The van der Waals surface area contributed by atoms with Gasteiger partial charge in [-0.05, 0) is 19.1 Å². The minimum atomic E-state index is -0.774. The van der Waals surface area contributed by atoms with Crippen molar-refractivity contribution in [2.24, 2.45) is 0 Å². The summed E-state index contributed by atoms with van der Waals surface area (Å²) in [5, 5.41) is 0. The number of nitrogens with one attached hydrogen (secondary N) is 2. The number of hydrogen-bond acceptors (Lipinski definition) is 0. The van der Waals surface area contributed by atoms with Crippen LogP contribution in [0, 0.1) is 11.6 Å². The van der Waals surface area contributed by atoms with Crippen LogP contribution in [-0.4, -0.2) is 33.7 Å². The highest BCUT2D eigenvalue weighted by molar-refractivity contribution is 5.16. The first-order valence-electron chi connectivity index (χ1n) is 6.09. The molecule has 1 aromatic rings. The van der Waals surface area contributed by atoms with Crippen molar-refractivity contribution < 1.29 is 18.6 Å². The fraction of sp³-hybridized carbons (Fsp3) is 0.538. The summed E-state index contributed by atoms with van der Waals surface area (Å²) in [7, 11) is 4.23. The highest BCUT2D eigenvalue weighted by Gasteiger charge is 2.11. The first-order chi connectivity index (χ1) is 8.02. The van der Waals surface area contributed by atoms with E-state index in [4.69, 9.17) is 0 Å². The van der Waals surface area contributed by atoms with Gasteiger partial charge in [0, 0.05) is 5.56 Å². The van der Waals surface area contributed by atoms with Crippen molar-refractivity contribution in [1.29, 1.82) is 0 Å². The largest absolute Gasteiger partial charge is 0.335 e. The molecule has 0 amide bonds. The minimum absolute atomic E-state index is 0.751. The zero-order chi connectivity index (χ0) is 12.8. The van der Waals surface area contributed by atoms with Crippen LogP contribution in [0.1, 0.15) is 12.5 Å². The number of quaternary nitrogens is 2. The van der Waals surface area contributed by atoms with Crippen LogP contribution in [0.25, 0.3) is 0 Å². The fourth-order valence-corrected chi connectivity index (χ4v) is 1.76. The van der Waals surface area contributed by atoms with Gasteiger partial charge in [-0.1, -0.05) is 6.07 Å². The molecule has 0 saturated carbocycles. The predicted molar refractivity (Wildman–Crippen MR) is 64.1 cm³/mol. The lowest BCUT2D eigenvalue weighted by atomic mass is 10.2. The van der Waals surface area contributed by atoms with E-state index in [0.717, 1.165) is 31.7 Å². The lowest BCUT2D eigenvalue weighted by Gasteiger charge is -2.18.